The van der Waals surface area contributed by atoms with E-state index in [1.54, 1.807) is 6.20 Å². The van der Waals surface area contributed by atoms with Crippen LogP contribution in [0, 0.1) is 6.92 Å². The Morgan fingerprint density at radius 1 is 1.45 bits per heavy atom. The Kier molecular flexibility index (Phi) is 1.96. The predicted molar refractivity (Wildman–Crippen MR) is 46.2 cm³/mol. The molecule has 2 nitrogen and oxygen atoms in total. The molecule has 2 N–H and O–H groups in total. The quantitative estimate of drug-likeness (QED) is 0.660. The highest BCUT2D eigenvalue weighted by atomic mass is 14.7. The van der Waals surface area contributed by atoms with Crippen LogP contribution in [0.25, 0.3) is 0 Å². The van der Waals surface area contributed by atoms with E-state index in [9.17, 15) is 0 Å². The van der Waals surface area contributed by atoms with Gasteiger partial charge in [0.1, 0.15) is 0 Å². The van der Waals surface area contributed by atoms with Crippen LogP contribution in [0.5, 0.6) is 0 Å². The Balaban J connectivity index is 3.14. The Morgan fingerprint density at radius 2 is 2.09 bits per heavy atom. The second-order valence-corrected chi connectivity index (χ2v) is 3.36. The fourth-order valence-corrected chi connectivity index (χ4v) is 1.17. The molecule has 0 saturated heterocycles. The monoisotopic (exact) mass is 150 g/mol. The highest BCUT2D eigenvalue weighted by Crippen LogP contribution is 2.18. The van der Waals surface area contributed by atoms with E-state index in [2.05, 4.69) is 4.98 Å². The molecule has 0 unspecified atom stereocenters. The molecule has 0 amide bonds. The maximum atomic E-state index is 5.92. The molecule has 60 valence electrons. The number of nitrogens with zero attached hydrogens (tertiary/aromatic N) is 1. The van der Waals surface area contributed by atoms with Crippen molar-refractivity contribution in [2.75, 3.05) is 0 Å². The normalized spacial score (nSPS) is 11.6. The molecule has 0 fully saturated rings. The van der Waals surface area contributed by atoms with E-state index in [0.717, 1.165) is 11.3 Å². The molecule has 0 aliphatic heterocycles. The summed E-state index contributed by atoms with van der Waals surface area (Å²) in [7, 11) is 0. The van der Waals surface area contributed by atoms with E-state index in [-0.39, 0.29) is 5.54 Å². The Morgan fingerprint density at radius 3 is 2.45 bits per heavy atom. The number of nitrogens with two attached hydrogens (primary N) is 1. The van der Waals surface area contributed by atoms with Gasteiger partial charge in [0.15, 0.2) is 0 Å². The highest BCUT2D eigenvalue weighted by molar-refractivity contribution is 5.25. The van der Waals surface area contributed by atoms with Gasteiger partial charge in [-0.1, -0.05) is 6.07 Å². The minimum atomic E-state index is -0.279. The maximum Gasteiger partial charge on any atom is 0.0422 e. The van der Waals surface area contributed by atoms with Crippen LogP contribution in [0.3, 0.4) is 0 Å². The lowest BCUT2D eigenvalue weighted by atomic mass is 9.95. The summed E-state index contributed by atoms with van der Waals surface area (Å²) in [6, 6.07) is 3.93. The van der Waals surface area contributed by atoms with Gasteiger partial charge in [0.05, 0.1) is 0 Å². The van der Waals surface area contributed by atoms with Crippen molar-refractivity contribution in [3.63, 3.8) is 0 Å². The van der Waals surface area contributed by atoms with Crippen LogP contribution in [0.4, 0.5) is 0 Å². The van der Waals surface area contributed by atoms with E-state index in [4.69, 9.17) is 5.73 Å². The summed E-state index contributed by atoms with van der Waals surface area (Å²) in [6.45, 7) is 5.94. The van der Waals surface area contributed by atoms with Crippen molar-refractivity contribution >= 4 is 0 Å². The van der Waals surface area contributed by atoms with Crippen LogP contribution in [-0.4, -0.2) is 4.98 Å². The number of hydrogen-bond acceptors (Lipinski definition) is 2. The van der Waals surface area contributed by atoms with Crippen LogP contribution >= 0.6 is 0 Å². The minimum Gasteiger partial charge on any atom is -0.322 e. The van der Waals surface area contributed by atoms with Gasteiger partial charge in [-0.25, -0.2) is 0 Å². The first-order chi connectivity index (χ1) is 5.02. The Hall–Kier alpha value is -0.890. The van der Waals surface area contributed by atoms with E-state index < -0.39 is 0 Å². The van der Waals surface area contributed by atoms with Gasteiger partial charge in [0, 0.05) is 17.4 Å². The third-order valence-electron chi connectivity index (χ3n) is 1.70. The van der Waals surface area contributed by atoms with Crippen molar-refractivity contribution in [1.29, 1.82) is 0 Å². The van der Waals surface area contributed by atoms with Crippen molar-refractivity contribution in [2.45, 2.75) is 26.3 Å². The van der Waals surface area contributed by atoms with Crippen molar-refractivity contribution in [3.05, 3.63) is 29.6 Å². The van der Waals surface area contributed by atoms with Gasteiger partial charge in [0.2, 0.25) is 0 Å². The molecule has 1 rings (SSSR count). The largest absolute Gasteiger partial charge is 0.322 e. The Bertz CT molecular complexity index is 248. The molecule has 1 heterocycles. The van der Waals surface area contributed by atoms with Gasteiger partial charge in [-0.15, -0.1) is 0 Å². The fourth-order valence-electron chi connectivity index (χ4n) is 1.17. The third kappa shape index (κ3) is 1.77. The first-order valence-electron chi connectivity index (χ1n) is 3.73. The standard InChI is InChI=1S/C9H14N2/c1-7-8(9(2,3)10)5-4-6-11-7/h4-6H,10H2,1-3H3. The first-order valence-corrected chi connectivity index (χ1v) is 3.73. The topological polar surface area (TPSA) is 38.9 Å². The van der Waals surface area contributed by atoms with Crippen molar-refractivity contribution < 1.29 is 0 Å². The number of pyridine rings is 1. The SMILES string of the molecule is Cc1ncccc1C(C)(C)N. The minimum absolute atomic E-state index is 0.279. The highest BCUT2D eigenvalue weighted by Gasteiger charge is 2.15. The summed E-state index contributed by atoms with van der Waals surface area (Å²) in [4.78, 5) is 4.17. The lowest BCUT2D eigenvalue weighted by Crippen LogP contribution is -2.29. The number of aryl methyl sites for hydroxylation is 1. The van der Waals surface area contributed by atoms with Crippen molar-refractivity contribution in [1.82, 2.24) is 4.98 Å². The van der Waals surface area contributed by atoms with Gasteiger partial charge in [-0.2, -0.15) is 0 Å². The molecule has 0 aliphatic carbocycles. The van der Waals surface area contributed by atoms with Gasteiger partial charge in [-0.3, -0.25) is 4.98 Å². The van der Waals surface area contributed by atoms with E-state index >= 15 is 0 Å². The molecule has 0 saturated carbocycles. The summed E-state index contributed by atoms with van der Waals surface area (Å²) >= 11 is 0. The molecule has 0 aliphatic rings. The zero-order chi connectivity index (χ0) is 8.48. The van der Waals surface area contributed by atoms with Crippen LogP contribution in [0.1, 0.15) is 25.1 Å². The lowest BCUT2D eigenvalue weighted by molar-refractivity contribution is 0.547. The molecule has 0 atom stereocenters. The van der Waals surface area contributed by atoms with Crippen LogP contribution in [0.15, 0.2) is 18.3 Å². The average Bonchev–Trinajstić information content (AvgIpc) is 1.86. The second kappa shape index (κ2) is 2.62. The average molecular weight is 150 g/mol. The molecule has 0 spiro atoms. The van der Waals surface area contributed by atoms with E-state index in [1.165, 1.54) is 0 Å². The summed E-state index contributed by atoms with van der Waals surface area (Å²) < 4.78 is 0. The summed E-state index contributed by atoms with van der Waals surface area (Å²) in [5.74, 6) is 0. The fraction of sp³-hybridized carbons (Fsp3) is 0.444. The number of rotatable bonds is 1. The number of hydrogen-bond donors (Lipinski definition) is 1. The van der Waals surface area contributed by atoms with Crippen molar-refractivity contribution in [3.8, 4) is 0 Å². The van der Waals surface area contributed by atoms with Gasteiger partial charge in [-0.05, 0) is 32.4 Å². The third-order valence-corrected chi connectivity index (χ3v) is 1.70. The van der Waals surface area contributed by atoms with Crippen LogP contribution < -0.4 is 5.73 Å². The maximum absolute atomic E-state index is 5.92. The van der Waals surface area contributed by atoms with Gasteiger partial charge >= 0.3 is 0 Å². The zero-order valence-corrected chi connectivity index (χ0v) is 7.26. The van der Waals surface area contributed by atoms with Gasteiger partial charge < -0.3 is 5.73 Å². The summed E-state index contributed by atoms with van der Waals surface area (Å²) in [6.07, 6.45) is 1.78. The van der Waals surface area contributed by atoms with Crippen molar-refractivity contribution in [2.24, 2.45) is 5.73 Å². The van der Waals surface area contributed by atoms with E-state index in [0.29, 0.717) is 0 Å². The summed E-state index contributed by atoms with van der Waals surface area (Å²) in [5.41, 5.74) is 7.76. The molecule has 11 heavy (non-hydrogen) atoms. The van der Waals surface area contributed by atoms with E-state index in [1.807, 2.05) is 32.9 Å². The molecule has 0 radical (unpaired) electrons. The molecule has 2 heteroatoms. The molecular formula is C9H14N2. The molecule has 1 aromatic rings. The summed E-state index contributed by atoms with van der Waals surface area (Å²) in [5, 5.41) is 0. The molecule has 0 aromatic carbocycles. The predicted octanol–water partition coefficient (Wildman–Crippen LogP) is 1.58. The second-order valence-electron chi connectivity index (χ2n) is 3.36. The van der Waals surface area contributed by atoms with Crippen LogP contribution in [-0.2, 0) is 5.54 Å². The number of aromatic nitrogens is 1. The zero-order valence-electron chi connectivity index (χ0n) is 7.26. The molecule has 0 bridgehead atoms. The lowest BCUT2D eigenvalue weighted by Gasteiger charge is -2.20. The Labute approximate surface area is 67.5 Å². The first kappa shape index (κ1) is 8.21. The smallest absolute Gasteiger partial charge is 0.0422 e. The van der Waals surface area contributed by atoms with Crippen LogP contribution in [0.2, 0.25) is 0 Å². The molecular weight excluding hydrogens is 136 g/mol. The van der Waals surface area contributed by atoms with Gasteiger partial charge in [0.25, 0.3) is 0 Å². The molecule has 1 aromatic heterocycles.